The SMILES string of the molecule is CCCCOc1ccc(C(=O)Nc2c(F)cccc2F)cc1OC. The zero-order valence-electron chi connectivity index (χ0n) is 13.6. The summed E-state index contributed by atoms with van der Waals surface area (Å²) in [7, 11) is 1.46. The molecule has 0 atom stereocenters. The molecule has 2 rings (SSSR count). The van der Waals surface area contributed by atoms with E-state index in [1.165, 1.54) is 25.3 Å². The van der Waals surface area contributed by atoms with Crippen LogP contribution in [0.1, 0.15) is 30.1 Å². The highest BCUT2D eigenvalue weighted by Gasteiger charge is 2.15. The van der Waals surface area contributed by atoms with E-state index >= 15 is 0 Å². The molecule has 0 heterocycles. The number of halogens is 2. The quantitative estimate of drug-likeness (QED) is 0.763. The average Bonchev–Trinajstić information content (AvgIpc) is 2.58. The van der Waals surface area contributed by atoms with Crippen LogP contribution in [0.5, 0.6) is 11.5 Å². The lowest BCUT2D eigenvalue weighted by Gasteiger charge is -2.12. The minimum absolute atomic E-state index is 0.206. The molecule has 1 amide bonds. The van der Waals surface area contributed by atoms with Crippen molar-refractivity contribution >= 4 is 11.6 Å². The maximum Gasteiger partial charge on any atom is 0.255 e. The van der Waals surface area contributed by atoms with Gasteiger partial charge in [-0.2, -0.15) is 0 Å². The number of ether oxygens (including phenoxy) is 2. The molecule has 0 aliphatic heterocycles. The second-order valence-corrected chi connectivity index (χ2v) is 5.12. The number of anilines is 1. The van der Waals surface area contributed by atoms with Crippen LogP contribution < -0.4 is 14.8 Å². The van der Waals surface area contributed by atoms with Gasteiger partial charge in [-0.3, -0.25) is 4.79 Å². The molecule has 2 aromatic carbocycles. The first-order valence-corrected chi connectivity index (χ1v) is 7.63. The van der Waals surface area contributed by atoms with Crippen molar-refractivity contribution in [2.75, 3.05) is 19.0 Å². The molecular formula is C18H19F2NO3. The van der Waals surface area contributed by atoms with Crippen LogP contribution in [0.25, 0.3) is 0 Å². The molecule has 0 saturated carbocycles. The fourth-order valence-electron chi connectivity index (χ4n) is 2.06. The van der Waals surface area contributed by atoms with Gasteiger partial charge in [0.1, 0.15) is 17.3 Å². The monoisotopic (exact) mass is 335 g/mol. The van der Waals surface area contributed by atoms with Gasteiger partial charge >= 0.3 is 0 Å². The number of carbonyl (C=O) groups excluding carboxylic acids is 1. The zero-order valence-corrected chi connectivity index (χ0v) is 13.6. The van der Waals surface area contributed by atoms with Gasteiger partial charge in [-0.1, -0.05) is 19.4 Å². The van der Waals surface area contributed by atoms with Gasteiger partial charge < -0.3 is 14.8 Å². The number of carbonyl (C=O) groups is 1. The molecule has 24 heavy (non-hydrogen) atoms. The highest BCUT2D eigenvalue weighted by Crippen LogP contribution is 2.29. The average molecular weight is 335 g/mol. The van der Waals surface area contributed by atoms with Gasteiger partial charge in [-0.05, 0) is 36.8 Å². The van der Waals surface area contributed by atoms with Gasteiger partial charge in [-0.15, -0.1) is 0 Å². The number of rotatable bonds is 7. The van der Waals surface area contributed by atoms with E-state index in [1.54, 1.807) is 6.07 Å². The maximum atomic E-state index is 13.6. The van der Waals surface area contributed by atoms with Crippen LogP contribution in [-0.4, -0.2) is 19.6 Å². The topological polar surface area (TPSA) is 47.6 Å². The molecule has 0 aliphatic rings. The lowest BCUT2D eigenvalue weighted by atomic mass is 10.1. The third-order valence-electron chi connectivity index (χ3n) is 3.38. The van der Waals surface area contributed by atoms with Crippen molar-refractivity contribution in [2.24, 2.45) is 0 Å². The number of para-hydroxylation sites is 1. The van der Waals surface area contributed by atoms with Crippen LogP contribution in [0.2, 0.25) is 0 Å². The van der Waals surface area contributed by atoms with Crippen molar-refractivity contribution in [3.8, 4) is 11.5 Å². The Labute approximate surface area is 139 Å². The van der Waals surface area contributed by atoms with E-state index in [0.717, 1.165) is 25.0 Å². The number of unbranched alkanes of at least 4 members (excludes halogenated alkanes) is 1. The summed E-state index contributed by atoms with van der Waals surface area (Å²) >= 11 is 0. The molecule has 0 aliphatic carbocycles. The largest absolute Gasteiger partial charge is 0.493 e. The van der Waals surface area contributed by atoms with Crippen molar-refractivity contribution < 1.29 is 23.0 Å². The van der Waals surface area contributed by atoms with Crippen molar-refractivity contribution in [3.05, 3.63) is 53.6 Å². The highest BCUT2D eigenvalue weighted by molar-refractivity contribution is 6.04. The summed E-state index contributed by atoms with van der Waals surface area (Å²) < 4.78 is 38.0. The minimum atomic E-state index is -0.838. The van der Waals surface area contributed by atoms with Crippen LogP contribution >= 0.6 is 0 Å². The van der Waals surface area contributed by atoms with E-state index in [2.05, 4.69) is 12.2 Å². The molecule has 1 N–H and O–H groups in total. The Morgan fingerprint density at radius 1 is 1.12 bits per heavy atom. The number of amides is 1. The second kappa shape index (κ2) is 8.29. The summed E-state index contributed by atoms with van der Waals surface area (Å²) in [5, 5.41) is 2.23. The first-order valence-electron chi connectivity index (χ1n) is 7.63. The second-order valence-electron chi connectivity index (χ2n) is 5.12. The van der Waals surface area contributed by atoms with E-state index in [0.29, 0.717) is 18.1 Å². The number of hydrogen-bond donors (Lipinski definition) is 1. The number of nitrogens with one attached hydrogen (secondary N) is 1. The van der Waals surface area contributed by atoms with Crippen LogP contribution in [-0.2, 0) is 0 Å². The van der Waals surface area contributed by atoms with Crippen LogP contribution in [0.15, 0.2) is 36.4 Å². The fraction of sp³-hybridized carbons (Fsp3) is 0.278. The third-order valence-corrected chi connectivity index (χ3v) is 3.38. The van der Waals surface area contributed by atoms with Crippen LogP contribution in [0, 0.1) is 11.6 Å². The van der Waals surface area contributed by atoms with Gasteiger partial charge in [0, 0.05) is 5.56 Å². The van der Waals surface area contributed by atoms with Crippen molar-refractivity contribution in [2.45, 2.75) is 19.8 Å². The summed E-state index contributed by atoms with van der Waals surface area (Å²) in [6.07, 6.45) is 1.90. The Hall–Kier alpha value is -2.63. The van der Waals surface area contributed by atoms with E-state index in [1.807, 2.05) is 0 Å². The molecule has 0 spiro atoms. The normalized spacial score (nSPS) is 10.3. The Kier molecular flexibility index (Phi) is 6.12. The number of hydrogen-bond acceptors (Lipinski definition) is 3. The fourth-order valence-corrected chi connectivity index (χ4v) is 2.06. The summed E-state index contributed by atoms with van der Waals surface area (Å²) in [6.45, 7) is 2.59. The van der Waals surface area contributed by atoms with Crippen LogP contribution in [0.4, 0.5) is 14.5 Å². The van der Waals surface area contributed by atoms with E-state index < -0.39 is 23.2 Å². The first kappa shape index (κ1) is 17.7. The van der Waals surface area contributed by atoms with Gasteiger partial charge in [0.15, 0.2) is 11.5 Å². The summed E-state index contributed by atoms with van der Waals surface area (Å²) in [4.78, 5) is 12.2. The van der Waals surface area contributed by atoms with E-state index in [9.17, 15) is 13.6 Å². The minimum Gasteiger partial charge on any atom is -0.493 e. The van der Waals surface area contributed by atoms with E-state index in [4.69, 9.17) is 9.47 Å². The summed E-state index contributed by atoms with van der Waals surface area (Å²) in [6, 6.07) is 7.95. The van der Waals surface area contributed by atoms with Gasteiger partial charge in [-0.25, -0.2) is 8.78 Å². The Bertz CT molecular complexity index is 699. The Balaban J connectivity index is 2.18. The molecule has 2 aromatic rings. The highest BCUT2D eigenvalue weighted by atomic mass is 19.1. The standard InChI is InChI=1S/C18H19F2NO3/c1-3-4-10-24-15-9-8-12(11-16(15)23-2)18(22)21-17-13(19)6-5-7-14(17)20/h5-9,11H,3-4,10H2,1-2H3,(H,21,22). The predicted molar refractivity (Wildman–Crippen MR) is 87.7 cm³/mol. The molecule has 0 radical (unpaired) electrons. The smallest absolute Gasteiger partial charge is 0.255 e. The first-order chi connectivity index (χ1) is 11.6. The lowest BCUT2D eigenvalue weighted by Crippen LogP contribution is -2.14. The molecular weight excluding hydrogens is 316 g/mol. The Morgan fingerprint density at radius 2 is 1.83 bits per heavy atom. The molecule has 4 nitrogen and oxygen atoms in total. The molecule has 0 fully saturated rings. The molecule has 0 saturated heterocycles. The van der Waals surface area contributed by atoms with Crippen molar-refractivity contribution in [1.29, 1.82) is 0 Å². The zero-order chi connectivity index (χ0) is 17.5. The van der Waals surface area contributed by atoms with Crippen LogP contribution in [0.3, 0.4) is 0 Å². The van der Waals surface area contributed by atoms with Gasteiger partial charge in [0.25, 0.3) is 5.91 Å². The molecule has 0 aromatic heterocycles. The maximum absolute atomic E-state index is 13.6. The van der Waals surface area contributed by atoms with Gasteiger partial charge in [0.05, 0.1) is 13.7 Å². The third kappa shape index (κ3) is 4.22. The predicted octanol–water partition coefficient (Wildman–Crippen LogP) is 4.40. The van der Waals surface area contributed by atoms with Crippen molar-refractivity contribution in [1.82, 2.24) is 0 Å². The lowest BCUT2D eigenvalue weighted by molar-refractivity contribution is 0.102. The summed E-state index contributed by atoms with van der Waals surface area (Å²) in [5.74, 6) is -1.42. The van der Waals surface area contributed by atoms with Gasteiger partial charge in [0.2, 0.25) is 0 Å². The molecule has 0 unspecified atom stereocenters. The molecule has 0 bridgehead atoms. The number of benzene rings is 2. The van der Waals surface area contributed by atoms with Crippen molar-refractivity contribution in [3.63, 3.8) is 0 Å². The molecule has 6 heteroatoms. The Morgan fingerprint density at radius 3 is 2.46 bits per heavy atom. The number of methoxy groups -OCH3 is 1. The molecule has 128 valence electrons. The van der Waals surface area contributed by atoms with E-state index in [-0.39, 0.29) is 5.56 Å². The summed E-state index contributed by atoms with van der Waals surface area (Å²) in [5.41, 5.74) is -0.276.